The summed E-state index contributed by atoms with van der Waals surface area (Å²) in [6.07, 6.45) is 6.23. The van der Waals surface area contributed by atoms with Gasteiger partial charge in [0.1, 0.15) is 0 Å². The van der Waals surface area contributed by atoms with Gasteiger partial charge >= 0.3 is 0 Å². The highest BCUT2D eigenvalue weighted by Gasteiger charge is 2.43. The van der Waals surface area contributed by atoms with Crippen LogP contribution in [0.15, 0.2) is 0 Å². The van der Waals surface area contributed by atoms with E-state index in [4.69, 9.17) is 4.74 Å². The van der Waals surface area contributed by atoms with E-state index >= 15 is 0 Å². The number of methoxy groups -OCH3 is 2. The zero-order valence-electron chi connectivity index (χ0n) is 15.1. The van der Waals surface area contributed by atoms with Gasteiger partial charge < -0.3 is 14.4 Å². The molecule has 1 amide bonds. The summed E-state index contributed by atoms with van der Waals surface area (Å²) in [5, 5.41) is 0. The lowest BCUT2D eigenvalue weighted by Crippen LogP contribution is -2.42. The average Bonchev–Trinajstić information content (AvgIpc) is 3.02. The van der Waals surface area contributed by atoms with Gasteiger partial charge in [-0.25, -0.2) is 0 Å². The molecule has 2 fully saturated rings. The minimum Gasteiger partial charge on any atom is -0.388 e. The molecule has 2 aliphatic heterocycles. The van der Waals surface area contributed by atoms with E-state index in [9.17, 15) is 4.79 Å². The van der Waals surface area contributed by atoms with Gasteiger partial charge in [0, 0.05) is 41.0 Å². The number of hydrogen-bond donors (Lipinski definition) is 0. The van der Waals surface area contributed by atoms with E-state index in [2.05, 4.69) is 9.64 Å². The fourth-order valence-corrected chi connectivity index (χ4v) is 2.73. The summed E-state index contributed by atoms with van der Waals surface area (Å²) in [4.78, 5) is 13.5. The summed E-state index contributed by atoms with van der Waals surface area (Å²) >= 11 is 0. The van der Waals surface area contributed by atoms with Crippen molar-refractivity contribution < 1.29 is 14.3 Å². The van der Waals surface area contributed by atoms with Crippen LogP contribution in [0.3, 0.4) is 0 Å². The van der Waals surface area contributed by atoms with Crippen molar-refractivity contribution in [3.8, 4) is 0 Å². The summed E-state index contributed by atoms with van der Waals surface area (Å²) in [5.74, 6) is 0. The molecular formula is C16H36N2O3. The maximum absolute atomic E-state index is 9.43. The van der Waals surface area contributed by atoms with E-state index in [1.807, 2.05) is 21.0 Å². The van der Waals surface area contributed by atoms with Gasteiger partial charge in [0.25, 0.3) is 0 Å². The fraction of sp³-hybridized carbons (Fsp3) is 0.938. The maximum atomic E-state index is 9.43. The second-order valence-electron chi connectivity index (χ2n) is 5.33. The van der Waals surface area contributed by atoms with Gasteiger partial charge in [-0.3, -0.25) is 9.69 Å². The van der Waals surface area contributed by atoms with Crippen LogP contribution < -0.4 is 0 Å². The van der Waals surface area contributed by atoms with Crippen molar-refractivity contribution >= 4 is 6.41 Å². The van der Waals surface area contributed by atoms with Gasteiger partial charge in [-0.1, -0.05) is 13.8 Å². The molecule has 128 valence electrons. The summed E-state index contributed by atoms with van der Waals surface area (Å²) in [5.41, 5.74) is 0.467. The first-order valence-corrected chi connectivity index (χ1v) is 7.82. The third kappa shape index (κ3) is 9.06. The first-order chi connectivity index (χ1) is 10.1. The lowest BCUT2D eigenvalue weighted by Gasteiger charge is -2.30. The van der Waals surface area contributed by atoms with Crippen LogP contribution in [-0.4, -0.2) is 76.9 Å². The van der Waals surface area contributed by atoms with E-state index in [-0.39, 0.29) is 0 Å². The Labute approximate surface area is 131 Å². The van der Waals surface area contributed by atoms with Crippen LogP contribution in [0.1, 0.15) is 39.5 Å². The molecule has 0 atom stereocenters. The first kappa shape index (κ1) is 22.6. The Morgan fingerprint density at radius 2 is 1.48 bits per heavy atom. The van der Waals surface area contributed by atoms with Crippen molar-refractivity contribution in [1.82, 2.24) is 9.80 Å². The SMILES string of the molecule is CC.CN(C)C=O.COC.COCC12CCCN1CCC2. The van der Waals surface area contributed by atoms with Crippen LogP contribution in [-0.2, 0) is 14.3 Å². The Morgan fingerprint density at radius 1 is 1.10 bits per heavy atom. The number of amides is 1. The van der Waals surface area contributed by atoms with E-state index in [0.717, 1.165) is 13.0 Å². The molecule has 0 spiro atoms. The Bertz CT molecular complexity index is 226. The number of nitrogens with zero attached hydrogens (tertiary/aromatic N) is 2. The molecule has 2 aliphatic rings. The van der Waals surface area contributed by atoms with Crippen molar-refractivity contribution in [3.05, 3.63) is 0 Å². The van der Waals surface area contributed by atoms with Crippen LogP contribution in [0.2, 0.25) is 0 Å². The number of fused-ring (bicyclic) bond motifs is 1. The normalized spacial score (nSPS) is 18.0. The second kappa shape index (κ2) is 14.3. The molecule has 0 saturated carbocycles. The zero-order valence-corrected chi connectivity index (χ0v) is 15.1. The molecule has 5 nitrogen and oxygen atoms in total. The van der Waals surface area contributed by atoms with Gasteiger partial charge in [0.05, 0.1) is 6.61 Å². The maximum Gasteiger partial charge on any atom is 0.209 e. The van der Waals surface area contributed by atoms with Crippen LogP contribution in [0.5, 0.6) is 0 Å². The molecule has 0 N–H and O–H groups in total. The molecule has 2 rings (SSSR count). The van der Waals surface area contributed by atoms with Crippen LogP contribution >= 0.6 is 0 Å². The van der Waals surface area contributed by atoms with E-state index < -0.39 is 0 Å². The molecule has 2 saturated heterocycles. The van der Waals surface area contributed by atoms with Crippen molar-refractivity contribution in [2.24, 2.45) is 0 Å². The van der Waals surface area contributed by atoms with E-state index in [1.54, 1.807) is 28.3 Å². The van der Waals surface area contributed by atoms with Gasteiger partial charge in [-0.2, -0.15) is 0 Å². The number of hydrogen-bond acceptors (Lipinski definition) is 4. The predicted molar refractivity (Wildman–Crippen MR) is 88.7 cm³/mol. The van der Waals surface area contributed by atoms with Gasteiger partial charge in [0.15, 0.2) is 0 Å². The number of ether oxygens (including phenoxy) is 2. The quantitative estimate of drug-likeness (QED) is 0.750. The molecule has 2 heterocycles. The molecule has 0 aromatic heterocycles. The summed E-state index contributed by atoms with van der Waals surface area (Å²) < 4.78 is 9.54. The fourth-order valence-electron chi connectivity index (χ4n) is 2.73. The largest absolute Gasteiger partial charge is 0.388 e. The van der Waals surface area contributed by atoms with Gasteiger partial charge in [-0.05, 0) is 38.8 Å². The molecule has 0 aromatic carbocycles. The molecule has 5 heteroatoms. The number of carbonyl (C=O) groups is 1. The average molecular weight is 304 g/mol. The molecule has 0 unspecified atom stereocenters. The molecule has 0 aromatic rings. The van der Waals surface area contributed by atoms with Gasteiger partial charge in [-0.15, -0.1) is 0 Å². The monoisotopic (exact) mass is 304 g/mol. The predicted octanol–water partition coefficient (Wildman–Crippen LogP) is 2.25. The number of rotatable bonds is 3. The standard InChI is InChI=1S/C9H17NO.C3H7NO.C2H6O.C2H6/c1-11-8-9-4-2-6-10(9)7-3-5-9;1-4(2)3-5;1-3-2;1-2/h2-8H2,1H3;3H,1-2H3;1-2H3;1-2H3. The highest BCUT2D eigenvalue weighted by Crippen LogP contribution is 2.38. The molecule has 0 radical (unpaired) electrons. The van der Waals surface area contributed by atoms with Crippen molar-refractivity contribution in [3.63, 3.8) is 0 Å². The smallest absolute Gasteiger partial charge is 0.209 e. The Hall–Kier alpha value is -0.650. The third-order valence-corrected chi connectivity index (χ3v) is 3.43. The Morgan fingerprint density at radius 3 is 1.76 bits per heavy atom. The van der Waals surface area contributed by atoms with E-state index in [1.165, 1.54) is 43.7 Å². The Balaban J connectivity index is 0. The molecular weight excluding hydrogens is 268 g/mol. The van der Waals surface area contributed by atoms with E-state index in [0.29, 0.717) is 5.54 Å². The Kier molecular flexibility index (Phi) is 15.4. The van der Waals surface area contributed by atoms with Crippen molar-refractivity contribution in [2.45, 2.75) is 45.1 Å². The molecule has 21 heavy (non-hydrogen) atoms. The van der Waals surface area contributed by atoms with Crippen LogP contribution in [0.25, 0.3) is 0 Å². The summed E-state index contributed by atoms with van der Waals surface area (Å²) in [7, 11) is 8.45. The molecule has 0 aliphatic carbocycles. The first-order valence-electron chi connectivity index (χ1n) is 7.82. The number of carbonyl (C=O) groups excluding carboxylic acids is 1. The topological polar surface area (TPSA) is 42.0 Å². The minimum absolute atomic E-state index is 0.467. The highest BCUT2D eigenvalue weighted by molar-refractivity contribution is 5.45. The summed E-state index contributed by atoms with van der Waals surface area (Å²) in [6.45, 7) is 7.57. The summed E-state index contributed by atoms with van der Waals surface area (Å²) in [6, 6.07) is 0. The highest BCUT2D eigenvalue weighted by atomic mass is 16.5. The van der Waals surface area contributed by atoms with Crippen molar-refractivity contribution in [2.75, 3.05) is 55.1 Å². The van der Waals surface area contributed by atoms with Crippen LogP contribution in [0, 0.1) is 0 Å². The molecule has 0 bridgehead atoms. The van der Waals surface area contributed by atoms with Crippen LogP contribution in [0.4, 0.5) is 0 Å². The zero-order chi connectivity index (χ0) is 16.7. The van der Waals surface area contributed by atoms with Gasteiger partial charge in [0.2, 0.25) is 6.41 Å². The second-order valence-corrected chi connectivity index (χ2v) is 5.33. The minimum atomic E-state index is 0.467. The lowest BCUT2D eigenvalue weighted by atomic mass is 9.95. The van der Waals surface area contributed by atoms with Crippen molar-refractivity contribution in [1.29, 1.82) is 0 Å². The third-order valence-electron chi connectivity index (χ3n) is 3.43. The lowest BCUT2D eigenvalue weighted by molar-refractivity contribution is -0.115.